The molecule has 0 fully saturated rings. The van der Waals surface area contributed by atoms with Gasteiger partial charge in [0.25, 0.3) is 5.88 Å². The van der Waals surface area contributed by atoms with E-state index in [0.717, 1.165) is 0 Å². The third-order valence-corrected chi connectivity index (χ3v) is 1.73. The molecule has 0 radical (unpaired) electrons. The molecule has 0 amide bonds. The van der Waals surface area contributed by atoms with Gasteiger partial charge in [0.15, 0.2) is 0 Å². The van der Waals surface area contributed by atoms with Crippen molar-refractivity contribution in [1.29, 1.82) is 0 Å². The van der Waals surface area contributed by atoms with Crippen molar-refractivity contribution in [2.75, 3.05) is 20.3 Å². The van der Waals surface area contributed by atoms with E-state index >= 15 is 0 Å². The molecule has 1 aromatic rings. The Kier molecular flexibility index (Phi) is 4.26. The number of halogens is 1. The summed E-state index contributed by atoms with van der Waals surface area (Å²) in [6.45, 7) is 0.535. The van der Waals surface area contributed by atoms with Crippen molar-refractivity contribution >= 4 is 17.3 Å². The maximum atomic E-state index is 10.6. The van der Waals surface area contributed by atoms with Crippen LogP contribution in [0.4, 0.5) is 5.69 Å². The van der Waals surface area contributed by atoms with Gasteiger partial charge in [-0.2, -0.15) is 0 Å². The lowest BCUT2D eigenvalue weighted by atomic mass is 10.4. The predicted molar refractivity (Wildman–Crippen MR) is 53.3 cm³/mol. The van der Waals surface area contributed by atoms with Crippen molar-refractivity contribution in [3.63, 3.8) is 0 Å². The van der Waals surface area contributed by atoms with Crippen molar-refractivity contribution in [3.8, 4) is 5.88 Å². The normalized spacial score (nSPS) is 10.0. The van der Waals surface area contributed by atoms with Crippen LogP contribution in [0.2, 0.25) is 5.02 Å². The molecule has 0 aromatic carbocycles. The average molecular weight is 233 g/mol. The molecule has 0 saturated heterocycles. The van der Waals surface area contributed by atoms with E-state index in [0.29, 0.717) is 6.61 Å². The molecule has 0 unspecified atom stereocenters. The van der Waals surface area contributed by atoms with Crippen molar-refractivity contribution in [2.24, 2.45) is 0 Å². The number of nitro groups is 1. The summed E-state index contributed by atoms with van der Waals surface area (Å²) in [4.78, 5) is 13.7. The first kappa shape index (κ1) is 11.7. The maximum absolute atomic E-state index is 10.6. The number of hydrogen-bond acceptors (Lipinski definition) is 5. The summed E-state index contributed by atoms with van der Waals surface area (Å²) in [6.07, 6.45) is 1.29. The monoisotopic (exact) mass is 232 g/mol. The zero-order chi connectivity index (χ0) is 11.3. The molecule has 0 aliphatic carbocycles. The molecule has 1 aromatic heterocycles. The fourth-order valence-corrected chi connectivity index (χ4v) is 1.03. The Morgan fingerprint density at radius 3 is 2.93 bits per heavy atom. The molecule has 0 saturated carbocycles. The molecule has 82 valence electrons. The Morgan fingerprint density at radius 2 is 2.33 bits per heavy atom. The number of hydrogen-bond donors (Lipinski definition) is 0. The van der Waals surface area contributed by atoms with Gasteiger partial charge in [0.1, 0.15) is 6.61 Å². The van der Waals surface area contributed by atoms with E-state index in [9.17, 15) is 10.1 Å². The molecule has 1 rings (SSSR count). The second kappa shape index (κ2) is 5.47. The van der Waals surface area contributed by atoms with Gasteiger partial charge in [-0.05, 0) is 0 Å². The molecule has 1 heterocycles. The Bertz CT molecular complexity index is 358. The summed E-state index contributed by atoms with van der Waals surface area (Å²) in [5, 5.41) is 10.8. The van der Waals surface area contributed by atoms with E-state index < -0.39 is 4.92 Å². The van der Waals surface area contributed by atoms with E-state index in [1.165, 1.54) is 19.4 Å². The van der Waals surface area contributed by atoms with Crippen LogP contribution in [-0.4, -0.2) is 30.2 Å². The minimum Gasteiger partial charge on any atom is -0.470 e. The molecule has 0 aliphatic rings. The lowest BCUT2D eigenvalue weighted by molar-refractivity contribution is -0.386. The quantitative estimate of drug-likeness (QED) is 0.439. The van der Waals surface area contributed by atoms with Crippen LogP contribution in [0.25, 0.3) is 0 Å². The Labute approximate surface area is 90.9 Å². The standard InChI is InChI=1S/C8H9ClN2O4/c1-14-2-3-15-8-7(11(12)13)4-6(9)5-10-8/h4-5H,2-3H2,1H3. The lowest BCUT2D eigenvalue weighted by Crippen LogP contribution is -2.07. The van der Waals surface area contributed by atoms with Crippen molar-refractivity contribution in [2.45, 2.75) is 0 Å². The summed E-state index contributed by atoms with van der Waals surface area (Å²) in [6, 6.07) is 1.19. The van der Waals surface area contributed by atoms with Gasteiger partial charge in [0.2, 0.25) is 0 Å². The molecule has 0 spiro atoms. The van der Waals surface area contributed by atoms with Gasteiger partial charge < -0.3 is 9.47 Å². The smallest absolute Gasteiger partial charge is 0.332 e. The molecule has 7 heteroatoms. The van der Waals surface area contributed by atoms with Gasteiger partial charge in [-0.1, -0.05) is 11.6 Å². The Balaban J connectivity index is 2.81. The number of methoxy groups -OCH3 is 1. The summed E-state index contributed by atoms with van der Waals surface area (Å²) >= 11 is 5.58. The van der Waals surface area contributed by atoms with E-state index in [1.807, 2.05) is 0 Å². The minimum absolute atomic E-state index is 0.0542. The van der Waals surface area contributed by atoms with Crippen LogP contribution in [0.3, 0.4) is 0 Å². The van der Waals surface area contributed by atoms with Crippen LogP contribution < -0.4 is 4.74 Å². The Morgan fingerprint density at radius 1 is 1.60 bits per heavy atom. The fourth-order valence-electron chi connectivity index (χ4n) is 0.880. The van der Waals surface area contributed by atoms with Gasteiger partial charge in [-0.15, -0.1) is 0 Å². The molecule has 6 nitrogen and oxygen atoms in total. The maximum Gasteiger partial charge on any atom is 0.332 e. The van der Waals surface area contributed by atoms with E-state index in [4.69, 9.17) is 21.1 Å². The summed E-state index contributed by atoms with van der Waals surface area (Å²) < 4.78 is 9.80. The van der Waals surface area contributed by atoms with Crippen molar-refractivity contribution < 1.29 is 14.4 Å². The van der Waals surface area contributed by atoms with Gasteiger partial charge >= 0.3 is 5.69 Å². The van der Waals surface area contributed by atoms with Crippen LogP contribution in [0.15, 0.2) is 12.3 Å². The highest BCUT2D eigenvalue weighted by molar-refractivity contribution is 6.30. The van der Waals surface area contributed by atoms with Crippen molar-refractivity contribution in [1.82, 2.24) is 4.98 Å². The topological polar surface area (TPSA) is 74.5 Å². The molecule has 0 bridgehead atoms. The van der Waals surface area contributed by atoms with E-state index in [-0.39, 0.29) is 23.2 Å². The highest BCUT2D eigenvalue weighted by atomic mass is 35.5. The zero-order valence-corrected chi connectivity index (χ0v) is 8.73. The summed E-state index contributed by atoms with van der Waals surface area (Å²) in [5.41, 5.74) is -0.251. The van der Waals surface area contributed by atoms with Crippen LogP contribution in [0.5, 0.6) is 5.88 Å². The fraction of sp³-hybridized carbons (Fsp3) is 0.375. The summed E-state index contributed by atoms with van der Waals surface area (Å²) in [5.74, 6) is -0.0542. The summed E-state index contributed by atoms with van der Waals surface area (Å²) in [7, 11) is 1.51. The molecule has 0 atom stereocenters. The van der Waals surface area contributed by atoms with Crippen LogP contribution in [0.1, 0.15) is 0 Å². The first-order valence-corrected chi connectivity index (χ1v) is 4.44. The Hall–Kier alpha value is -1.40. The number of ether oxygens (including phenoxy) is 2. The van der Waals surface area contributed by atoms with Gasteiger partial charge in [-0.25, -0.2) is 4.98 Å². The van der Waals surface area contributed by atoms with Gasteiger partial charge in [0.05, 0.1) is 22.7 Å². The minimum atomic E-state index is -0.596. The van der Waals surface area contributed by atoms with Crippen LogP contribution in [-0.2, 0) is 4.74 Å². The van der Waals surface area contributed by atoms with Crippen LogP contribution >= 0.6 is 11.6 Å². The first-order valence-electron chi connectivity index (χ1n) is 4.07. The van der Waals surface area contributed by atoms with E-state index in [2.05, 4.69) is 4.98 Å². The molecule has 0 aliphatic heterocycles. The molecule has 15 heavy (non-hydrogen) atoms. The predicted octanol–water partition coefficient (Wildman–Crippen LogP) is 1.67. The molecular formula is C8H9ClN2O4. The van der Waals surface area contributed by atoms with E-state index in [1.54, 1.807) is 0 Å². The van der Waals surface area contributed by atoms with Gasteiger partial charge in [0, 0.05) is 13.2 Å². The number of rotatable bonds is 5. The second-order valence-electron chi connectivity index (χ2n) is 2.58. The second-order valence-corrected chi connectivity index (χ2v) is 3.01. The highest BCUT2D eigenvalue weighted by Crippen LogP contribution is 2.26. The average Bonchev–Trinajstić information content (AvgIpc) is 2.20. The lowest BCUT2D eigenvalue weighted by Gasteiger charge is -2.04. The first-order chi connectivity index (χ1) is 7.15. The molecular weight excluding hydrogens is 224 g/mol. The number of pyridine rings is 1. The third-order valence-electron chi connectivity index (χ3n) is 1.52. The number of nitrogens with zero attached hydrogens (tertiary/aromatic N) is 2. The largest absolute Gasteiger partial charge is 0.470 e. The zero-order valence-electron chi connectivity index (χ0n) is 7.97. The number of aromatic nitrogens is 1. The third kappa shape index (κ3) is 3.34. The van der Waals surface area contributed by atoms with Crippen LogP contribution in [0, 0.1) is 10.1 Å². The van der Waals surface area contributed by atoms with Crippen molar-refractivity contribution in [3.05, 3.63) is 27.4 Å². The molecule has 0 N–H and O–H groups in total. The highest BCUT2D eigenvalue weighted by Gasteiger charge is 2.17. The van der Waals surface area contributed by atoms with Gasteiger partial charge in [-0.3, -0.25) is 10.1 Å². The SMILES string of the molecule is COCCOc1ncc(Cl)cc1[N+](=O)[O-].